The molecule has 80 valence electrons. The third-order valence-corrected chi connectivity index (χ3v) is 2.73. The Morgan fingerprint density at radius 1 is 1.00 bits per heavy atom. The summed E-state index contributed by atoms with van der Waals surface area (Å²) in [5.41, 5.74) is 0.713. The maximum absolute atomic E-state index is 4.36. The number of thiol groups is 1. The van der Waals surface area contributed by atoms with Crippen molar-refractivity contribution < 1.29 is 0 Å². The molecule has 0 unspecified atom stereocenters. The molecule has 0 bridgehead atoms. The van der Waals surface area contributed by atoms with E-state index in [0.717, 1.165) is 18.8 Å². The van der Waals surface area contributed by atoms with E-state index in [-0.39, 0.29) is 0 Å². The fourth-order valence-electron chi connectivity index (χ4n) is 1.65. The Balaban J connectivity index is 3.94. The summed E-state index contributed by atoms with van der Waals surface area (Å²) in [5.74, 6) is 0.946. The van der Waals surface area contributed by atoms with Crippen LogP contribution in [0, 0.1) is 10.8 Å². The van der Waals surface area contributed by atoms with Gasteiger partial charge in [-0.05, 0) is 23.6 Å². The van der Waals surface area contributed by atoms with E-state index in [9.17, 15) is 0 Å². The summed E-state index contributed by atoms with van der Waals surface area (Å²) in [4.78, 5) is 2.40. The van der Waals surface area contributed by atoms with E-state index in [1.807, 2.05) is 0 Å². The van der Waals surface area contributed by atoms with Crippen LogP contribution in [0.5, 0.6) is 0 Å². The third-order valence-electron chi connectivity index (χ3n) is 1.87. The van der Waals surface area contributed by atoms with Gasteiger partial charge in [0.2, 0.25) is 0 Å². The van der Waals surface area contributed by atoms with E-state index in [4.69, 9.17) is 0 Å². The molecule has 0 saturated carbocycles. The molecule has 0 aromatic carbocycles. The Bertz CT molecular complexity index is 147. The van der Waals surface area contributed by atoms with Gasteiger partial charge in [-0.3, -0.25) is 0 Å². The summed E-state index contributed by atoms with van der Waals surface area (Å²) in [6, 6.07) is 0. The monoisotopic (exact) mass is 203 g/mol. The lowest BCUT2D eigenvalue weighted by Crippen LogP contribution is -2.37. The summed E-state index contributed by atoms with van der Waals surface area (Å²) >= 11 is 4.36. The quantitative estimate of drug-likeness (QED) is 0.688. The summed E-state index contributed by atoms with van der Waals surface area (Å²) in [7, 11) is 2.19. The van der Waals surface area contributed by atoms with Gasteiger partial charge < -0.3 is 4.90 Å². The highest BCUT2D eigenvalue weighted by atomic mass is 32.1. The largest absolute Gasteiger partial charge is 0.305 e. The summed E-state index contributed by atoms with van der Waals surface area (Å²) in [5, 5.41) is 0. The lowest BCUT2D eigenvalue weighted by atomic mass is 9.92. The summed E-state index contributed by atoms with van der Waals surface area (Å²) < 4.78 is 0. The van der Waals surface area contributed by atoms with Crippen LogP contribution in [-0.4, -0.2) is 30.8 Å². The normalized spacial score (nSPS) is 13.8. The zero-order valence-corrected chi connectivity index (χ0v) is 10.9. The van der Waals surface area contributed by atoms with Crippen LogP contribution >= 0.6 is 12.6 Å². The van der Waals surface area contributed by atoms with E-state index in [1.54, 1.807) is 0 Å². The van der Waals surface area contributed by atoms with Gasteiger partial charge in [-0.2, -0.15) is 12.6 Å². The van der Waals surface area contributed by atoms with Gasteiger partial charge in [0.15, 0.2) is 0 Å². The van der Waals surface area contributed by atoms with Crippen molar-refractivity contribution >= 4 is 12.6 Å². The molecular formula is C11H25NS. The lowest BCUT2D eigenvalue weighted by Gasteiger charge is -2.33. The van der Waals surface area contributed by atoms with E-state index in [0.29, 0.717) is 10.8 Å². The molecule has 0 atom stereocenters. The van der Waals surface area contributed by atoms with E-state index in [2.05, 4.69) is 59.2 Å². The number of nitrogens with zero attached hydrogens (tertiary/aromatic N) is 1. The molecule has 0 saturated heterocycles. The molecule has 0 aliphatic rings. The van der Waals surface area contributed by atoms with Gasteiger partial charge in [0.05, 0.1) is 0 Å². The van der Waals surface area contributed by atoms with Gasteiger partial charge in [0.1, 0.15) is 0 Å². The van der Waals surface area contributed by atoms with Crippen LogP contribution < -0.4 is 0 Å². The second-order valence-corrected chi connectivity index (χ2v) is 6.37. The molecule has 0 aliphatic carbocycles. The van der Waals surface area contributed by atoms with Crippen molar-refractivity contribution in [1.82, 2.24) is 4.90 Å². The molecule has 2 heteroatoms. The molecule has 0 aromatic heterocycles. The van der Waals surface area contributed by atoms with E-state index < -0.39 is 0 Å². The minimum Gasteiger partial charge on any atom is -0.305 e. The highest BCUT2D eigenvalue weighted by Crippen LogP contribution is 2.21. The van der Waals surface area contributed by atoms with Gasteiger partial charge >= 0.3 is 0 Å². The number of rotatable bonds is 4. The Morgan fingerprint density at radius 2 is 1.46 bits per heavy atom. The van der Waals surface area contributed by atoms with Crippen molar-refractivity contribution in [2.24, 2.45) is 10.8 Å². The zero-order chi connectivity index (χ0) is 10.7. The number of hydrogen-bond donors (Lipinski definition) is 1. The van der Waals surface area contributed by atoms with Crippen LogP contribution in [0.25, 0.3) is 0 Å². The van der Waals surface area contributed by atoms with Crippen LogP contribution in [-0.2, 0) is 0 Å². The molecule has 0 amide bonds. The van der Waals surface area contributed by atoms with Crippen LogP contribution in [0.2, 0.25) is 0 Å². The van der Waals surface area contributed by atoms with Gasteiger partial charge in [-0.1, -0.05) is 34.6 Å². The van der Waals surface area contributed by atoms with Gasteiger partial charge in [0.25, 0.3) is 0 Å². The predicted molar refractivity (Wildman–Crippen MR) is 64.6 cm³/mol. The minimum atomic E-state index is 0.323. The van der Waals surface area contributed by atoms with Gasteiger partial charge in [0, 0.05) is 13.1 Å². The SMILES string of the molecule is CN(CC(C)(C)C)CC(C)(C)CS. The second kappa shape index (κ2) is 4.70. The van der Waals surface area contributed by atoms with Gasteiger partial charge in [-0.15, -0.1) is 0 Å². The van der Waals surface area contributed by atoms with Crippen molar-refractivity contribution in [3.8, 4) is 0 Å². The molecule has 0 spiro atoms. The first kappa shape index (κ1) is 13.3. The summed E-state index contributed by atoms with van der Waals surface area (Å²) in [6.07, 6.45) is 0. The fraction of sp³-hybridized carbons (Fsp3) is 1.00. The fourth-order valence-corrected chi connectivity index (χ4v) is 1.75. The Hall–Kier alpha value is 0.310. The van der Waals surface area contributed by atoms with Crippen LogP contribution in [0.3, 0.4) is 0 Å². The van der Waals surface area contributed by atoms with Crippen molar-refractivity contribution in [2.75, 3.05) is 25.9 Å². The van der Waals surface area contributed by atoms with Crippen molar-refractivity contribution in [1.29, 1.82) is 0 Å². The first-order chi connectivity index (χ1) is 5.66. The first-order valence-corrected chi connectivity index (χ1v) is 5.59. The Morgan fingerprint density at radius 3 is 1.77 bits per heavy atom. The van der Waals surface area contributed by atoms with Crippen molar-refractivity contribution in [3.05, 3.63) is 0 Å². The molecular weight excluding hydrogens is 178 g/mol. The molecule has 0 aliphatic heterocycles. The predicted octanol–water partition coefficient (Wildman–Crippen LogP) is 2.92. The smallest absolute Gasteiger partial charge is 0.00377 e. The molecule has 0 radical (unpaired) electrons. The molecule has 13 heavy (non-hydrogen) atoms. The van der Waals surface area contributed by atoms with Crippen LogP contribution in [0.15, 0.2) is 0 Å². The molecule has 0 aromatic rings. The Kier molecular flexibility index (Phi) is 4.81. The molecule has 0 heterocycles. The molecule has 0 N–H and O–H groups in total. The van der Waals surface area contributed by atoms with E-state index in [1.165, 1.54) is 0 Å². The molecule has 0 rings (SSSR count). The Labute approximate surface area is 89.3 Å². The maximum Gasteiger partial charge on any atom is 0.00377 e. The molecule has 1 nitrogen and oxygen atoms in total. The minimum absolute atomic E-state index is 0.323. The molecule has 0 fully saturated rings. The number of hydrogen-bond acceptors (Lipinski definition) is 2. The zero-order valence-electron chi connectivity index (χ0n) is 10.0. The van der Waals surface area contributed by atoms with Crippen molar-refractivity contribution in [2.45, 2.75) is 34.6 Å². The maximum atomic E-state index is 4.36. The van der Waals surface area contributed by atoms with Crippen LogP contribution in [0.4, 0.5) is 0 Å². The first-order valence-electron chi connectivity index (χ1n) is 4.96. The van der Waals surface area contributed by atoms with Crippen molar-refractivity contribution in [3.63, 3.8) is 0 Å². The highest BCUT2D eigenvalue weighted by Gasteiger charge is 2.21. The third kappa shape index (κ3) is 7.39. The average Bonchev–Trinajstić information content (AvgIpc) is 1.81. The second-order valence-electron chi connectivity index (χ2n) is 6.06. The van der Waals surface area contributed by atoms with E-state index >= 15 is 0 Å². The average molecular weight is 203 g/mol. The standard InChI is InChI=1S/C11H25NS/c1-10(2,3)7-12(6)8-11(4,5)9-13/h13H,7-9H2,1-6H3. The summed E-state index contributed by atoms with van der Waals surface area (Å²) in [6.45, 7) is 13.6. The highest BCUT2D eigenvalue weighted by molar-refractivity contribution is 7.80. The van der Waals surface area contributed by atoms with Crippen LogP contribution in [0.1, 0.15) is 34.6 Å². The lowest BCUT2D eigenvalue weighted by molar-refractivity contribution is 0.174. The van der Waals surface area contributed by atoms with Gasteiger partial charge in [-0.25, -0.2) is 0 Å². The topological polar surface area (TPSA) is 3.24 Å².